The number of nitrogens with zero attached hydrogens (tertiary/aromatic N) is 1. The van der Waals surface area contributed by atoms with Crippen molar-refractivity contribution < 1.29 is 9.84 Å². The third-order valence-electron chi connectivity index (χ3n) is 4.14. The molecule has 0 aromatic rings. The van der Waals surface area contributed by atoms with Gasteiger partial charge in [-0.05, 0) is 32.4 Å². The molecule has 1 aliphatic carbocycles. The highest BCUT2D eigenvalue weighted by molar-refractivity contribution is 4.78. The maximum Gasteiger partial charge on any atom is 0.0693 e. The number of rotatable bonds is 5. The summed E-state index contributed by atoms with van der Waals surface area (Å²) in [5, 5.41) is 13.6. The Morgan fingerprint density at radius 1 is 1.11 bits per heavy atom. The summed E-state index contributed by atoms with van der Waals surface area (Å²) < 4.78 is 5.34. The van der Waals surface area contributed by atoms with Crippen molar-refractivity contribution in [3.63, 3.8) is 0 Å². The third kappa shape index (κ3) is 4.84. The lowest BCUT2D eigenvalue weighted by atomic mass is 10.1. The van der Waals surface area contributed by atoms with E-state index in [-0.39, 0.29) is 6.10 Å². The minimum atomic E-state index is -0.129. The summed E-state index contributed by atoms with van der Waals surface area (Å²) >= 11 is 0. The van der Waals surface area contributed by atoms with Crippen LogP contribution in [0.5, 0.6) is 0 Å². The summed E-state index contributed by atoms with van der Waals surface area (Å²) in [6, 6.07) is 0.331. The zero-order valence-electron chi connectivity index (χ0n) is 11.4. The lowest BCUT2D eigenvalue weighted by molar-refractivity contribution is 0.0370. The van der Waals surface area contributed by atoms with Crippen LogP contribution in [0.15, 0.2) is 0 Å². The molecule has 4 heteroatoms. The quantitative estimate of drug-likeness (QED) is 0.569. The Bertz CT molecular complexity index is 220. The highest BCUT2D eigenvalue weighted by atomic mass is 16.5. The van der Waals surface area contributed by atoms with Crippen molar-refractivity contribution in [1.82, 2.24) is 10.2 Å². The second kappa shape index (κ2) is 8.10. The SMILES string of the molecule is OC1CCCCCC1NCCCN1CCOCC1. The largest absolute Gasteiger partial charge is 0.392 e. The van der Waals surface area contributed by atoms with E-state index >= 15 is 0 Å². The Morgan fingerprint density at radius 3 is 2.72 bits per heavy atom. The fraction of sp³-hybridized carbons (Fsp3) is 1.00. The summed E-state index contributed by atoms with van der Waals surface area (Å²) in [7, 11) is 0. The Hall–Kier alpha value is -0.160. The molecule has 0 radical (unpaired) electrons. The first-order chi connectivity index (χ1) is 8.86. The molecule has 1 saturated carbocycles. The summed E-state index contributed by atoms with van der Waals surface area (Å²) in [6.07, 6.45) is 6.88. The molecule has 4 nitrogen and oxygen atoms in total. The van der Waals surface area contributed by atoms with Gasteiger partial charge in [-0.1, -0.05) is 19.3 Å². The number of morpholine rings is 1. The van der Waals surface area contributed by atoms with Crippen molar-refractivity contribution in [3.05, 3.63) is 0 Å². The molecular formula is C14H28N2O2. The molecule has 0 amide bonds. The number of aliphatic hydroxyl groups is 1. The van der Waals surface area contributed by atoms with Gasteiger partial charge in [0.05, 0.1) is 19.3 Å². The van der Waals surface area contributed by atoms with Crippen LogP contribution in [-0.2, 0) is 4.74 Å². The van der Waals surface area contributed by atoms with Gasteiger partial charge in [-0.3, -0.25) is 4.90 Å². The average Bonchev–Trinajstić information content (AvgIpc) is 2.61. The third-order valence-corrected chi connectivity index (χ3v) is 4.14. The Balaban J connectivity index is 1.56. The molecule has 2 rings (SSSR count). The average molecular weight is 256 g/mol. The van der Waals surface area contributed by atoms with Gasteiger partial charge in [-0.25, -0.2) is 0 Å². The summed E-state index contributed by atoms with van der Waals surface area (Å²) in [4.78, 5) is 2.47. The van der Waals surface area contributed by atoms with Gasteiger partial charge in [-0.2, -0.15) is 0 Å². The number of hydrogen-bond donors (Lipinski definition) is 2. The van der Waals surface area contributed by atoms with Crippen LogP contribution in [0.1, 0.15) is 38.5 Å². The first-order valence-electron chi connectivity index (χ1n) is 7.58. The van der Waals surface area contributed by atoms with Gasteiger partial charge < -0.3 is 15.2 Å². The van der Waals surface area contributed by atoms with Gasteiger partial charge in [0, 0.05) is 19.1 Å². The molecule has 1 saturated heterocycles. The van der Waals surface area contributed by atoms with E-state index < -0.39 is 0 Å². The van der Waals surface area contributed by atoms with E-state index in [9.17, 15) is 5.11 Å². The van der Waals surface area contributed by atoms with E-state index in [2.05, 4.69) is 10.2 Å². The van der Waals surface area contributed by atoms with Crippen LogP contribution < -0.4 is 5.32 Å². The van der Waals surface area contributed by atoms with Crippen molar-refractivity contribution in [2.75, 3.05) is 39.4 Å². The van der Waals surface area contributed by atoms with Gasteiger partial charge in [0.2, 0.25) is 0 Å². The molecule has 2 aliphatic rings. The number of nitrogens with one attached hydrogen (secondary N) is 1. The van der Waals surface area contributed by atoms with Crippen LogP contribution in [0.4, 0.5) is 0 Å². The lowest BCUT2D eigenvalue weighted by Gasteiger charge is -2.27. The van der Waals surface area contributed by atoms with E-state index in [4.69, 9.17) is 4.74 Å². The fourth-order valence-electron chi connectivity index (χ4n) is 2.94. The van der Waals surface area contributed by atoms with Gasteiger partial charge in [0.1, 0.15) is 0 Å². The molecular weight excluding hydrogens is 228 g/mol. The van der Waals surface area contributed by atoms with Crippen molar-refractivity contribution in [3.8, 4) is 0 Å². The van der Waals surface area contributed by atoms with Crippen LogP contribution in [-0.4, -0.2) is 61.5 Å². The first kappa shape index (κ1) is 14.3. The van der Waals surface area contributed by atoms with Crippen LogP contribution >= 0.6 is 0 Å². The van der Waals surface area contributed by atoms with Crippen molar-refractivity contribution in [2.24, 2.45) is 0 Å². The van der Waals surface area contributed by atoms with Crippen LogP contribution in [0.2, 0.25) is 0 Å². The first-order valence-corrected chi connectivity index (χ1v) is 7.58. The Labute approximate surface area is 111 Å². The highest BCUT2D eigenvalue weighted by Crippen LogP contribution is 2.17. The Morgan fingerprint density at radius 2 is 1.89 bits per heavy atom. The summed E-state index contributed by atoms with van der Waals surface area (Å²) in [5.74, 6) is 0. The summed E-state index contributed by atoms with van der Waals surface area (Å²) in [6.45, 7) is 6.10. The van der Waals surface area contributed by atoms with E-state index in [1.165, 1.54) is 25.7 Å². The van der Waals surface area contributed by atoms with Gasteiger partial charge in [0.15, 0.2) is 0 Å². The summed E-state index contributed by atoms with van der Waals surface area (Å²) in [5.41, 5.74) is 0. The van der Waals surface area contributed by atoms with E-state index in [1.54, 1.807) is 0 Å². The zero-order chi connectivity index (χ0) is 12.6. The molecule has 1 aliphatic heterocycles. The molecule has 0 bridgehead atoms. The van der Waals surface area contributed by atoms with E-state index in [1.807, 2.05) is 0 Å². The van der Waals surface area contributed by atoms with Crippen LogP contribution in [0.25, 0.3) is 0 Å². The van der Waals surface area contributed by atoms with Crippen molar-refractivity contribution >= 4 is 0 Å². The maximum absolute atomic E-state index is 10.0. The standard InChI is InChI=1S/C14H28N2O2/c17-14-6-3-1-2-5-13(14)15-7-4-8-16-9-11-18-12-10-16/h13-15,17H,1-12H2. The van der Waals surface area contributed by atoms with Gasteiger partial charge in [0.25, 0.3) is 0 Å². The smallest absolute Gasteiger partial charge is 0.0693 e. The predicted molar refractivity (Wildman–Crippen MR) is 72.8 cm³/mol. The minimum absolute atomic E-state index is 0.129. The molecule has 2 fully saturated rings. The molecule has 2 unspecified atom stereocenters. The molecule has 0 spiro atoms. The maximum atomic E-state index is 10.0. The number of aliphatic hydroxyl groups excluding tert-OH is 1. The molecule has 0 aromatic heterocycles. The Kier molecular flexibility index (Phi) is 6.41. The van der Waals surface area contributed by atoms with Crippen molar-refractivity contribution in [1.29, 1.82) is 0 Å². The molecule has 18 heavy (non-hydrogen) atoms. The molecule has 0 aromatic carbocycles. The molecule has 2 N–H and O–H groups in total. The monoisotopic (exact) mass is 256 g/mol. The lowest BCUT2D eigenvalue weighted by Crippen LogP contribution is -2.41. The van der Waals surface area contributed by atoms with E-state index in [0.29, 0.717) is 6.04 Å². The highest BCUT2D eigenvalue weighted by Gasteiger charge is 2.20. The van der Waals surface area contributed by atoms with Crippen LogP contribution in [0, 0.1) is 0 Å². The van der Waals surface area contributed by atoms with Gasteiger partial charge in [-0.15, -0.1) is 0 Å². The number of ether oxygens (including phenoxy) is 1. The van der Waals surface area contributed by atoms with Crippen molar-refractivity contribution in [2.45, 2.75) is 50.7 Å². The van der Waals surface area contributed by atoms with Gasteiger partial charge >= 0.3 is 0 Å². The fourth-order valence-corrected chi connectivity index (χ4v) is 2.94. The zero-order valence-corrected chi connectivity index (χ0v) is 11.4. The van der Waals surface area contributed by atoms with Crippen LogP contribution in [0.3, 0.4) is 0 Å². The predicted octanol–water partition coefficient (Wildman–Crippen LogP) is 0.992. The second-order valence-electron chi connectivity index (χ2n) is 5.57. The minimum Gasteiger partial charge on any atom is -0.392 e. The molecule has 1 heterocycles. The number of hydrogen-bond acceptors (Lipinski definition) is 4. The molecule has 2 atom stereocenters. The second-order valence-corrected chi connectivity index (χ2v) is 5.57. The normalized spacial score (nSPS) is 31.2. The molecule has 106 valence electrons. The van der Waals surface area contributed by atoms with E-state index in [0.717, 1.165) is 52.2 Å². The topological polar surface area (TPSA) is 44.7 Å².